The summed E-state index contributed by atoms with van der Waals surface area (Å²) >= 11 is 5.24. The maximum absolute atomic E-state index is 13.5. The molecule has 0 spiro atoms. The summed E-state index contributed by atoms with van der Waals surface area (Å²) in [4.78, 5) is 20.6. The van der Waals surface area contributed by atoms with E-state index in [4.69, 9.17) is 4.99 Å². The lowest BCUT2D eigenvalue weighted by molar-refractivity contribution is -0.142. The predicted molar refractivity (Wildman–Crippen MR) is 122 cm³/mol. The van der Waals surface area contributed by atoms with Gasteiger partial charge in [-0.1, -0.05) is 35.0 Å². The smallest absolute Gasteiger partial charge is 0.254 e. The average Bonchev–Trinajstić information content (AvgIpc) is 3.05. The molecule has 4 fully saturated rings. The van der Waals surface area contributed by atoms with Crippen LogP contribution in [-0.2, 0) is 17.8 Å². The van der Waals surface area contributed by atoms with Gasteiger partial charge >= 0.3 is 0 Å². The van der Waals surface area contributed by atoms with Crippen molar-refractivity contribution in [1.82, 2.24) is 4.57 Å². The highest BCUT2D eigenvalue weighted by Gasteiger charge is 2.54. The summed E-state index contributed by atoms with van der Waals surface area (Å²) in [5, 5.41) is 0. The van der Waals surface area contributed by atoms with E-state index in [-0.39, 0.29) is 11.3 Å². The summed E-state index contributed by atoms with van der Waals surface area (Å²) in [6.45, 7) is 5.18. The fraction of sp³-hybridized carbons (Fsp3) is 0.583. The first-order valence-corrected chi connectivity index (χ1v) is 12.7. The minimum Gasteiger partial charge on any atom is -0.316 e. The van der Waals surface area contributed by atoms with E-state index in [9.17, 15) is 4.79 Å². The number of amides is 1. The lowest BCUT2D eigenvalue weighted by atomic mass is 9.49. The van der Waals surface area contributed by atoms with Crippen LogP contribution in [0.1, 0.15) is 57.2 Å². The second-order valence-corrected chi connectivity index (χ2v) is 11.4. The Morgan fingerprint density at radius 3 is 2.21 bits per heavy atom. The number of aryl methyl sites for hydroxylation is 1. The largest absolute Gasteiger partial charge is 0.316 e. The van der Waals surface area contributed by atoms with Gasteiger partial charge in [-0.2, -0.15) is 4.99 Å². The standard InChI is InChI=1S/C24H29BrN2OS/c1-3-20-21(18-5-7-19(25)8-6-18)27(4-2)23(29-20)26-22(28)24-12-15-9-16(13-24)11-17(10-15)14-24/h5-8,15-17H,3-4,9-14H2,1-2H3. The van der Waals surface area contributed by atoms with Gasteiger partial charge in [0.1, 0.15) is 0 Å². The maximum Gasteiger partial charge on any atom is 0.254 e. The molecule has 0 atom stereocenters. The van der Waals surface area contributed by atoms with E-state index < -0.39 is 0 Å². The lowest BCUT2D eigenvalue weighted by Crippen LogP contribution is -2.49. The minimum absolute atomic E-state index is 0.158. The van der Waals surface area contributed by atoms with Crippen LogP contribution in [0.25, 0.3) is 11.3 Å². The van der Waals surface area contributed by atoms with Crippen molar-refractivity contribution in [2.24, 2.45) is 28.2 Å². The van der Waals surface area contributed by atoms with Crippen molar-refractivity contribution >= 4 is 33.2 Å². The number of carbonyl (C=O) groups excluding carboxylic acids is 1. The van der Waals surface area contributed by atoms with Crippen molar-refractivity contribution in [2.75, 3.05) is 0 Å². The quantitative estimate of drug-likeness (QED) is 0.520. The molecule has 5 heteroatoms. The van der Waals surface area contributed by atoms with Gasteiger partial charge in [-0.25, -0.2) is 0 Å². The van der Waals surface area contributed by atoms with Crippen LogP contribution in [0.15, 0.2) is 33.7 Å². The van der Waals surface area contributed by atoms with Crippen LogP contribution in [0.4, 0.5) is 0 Å². The Bertz CT molecular complexity index is 966. The number of nitrogens with zero attached hydrogens (tertiary/aromatic N) is 2. The highest BCUT2D eigenvalue weighted by atomic mass is 79.9. The molecule has 6 rings (SSSR count). The van der Waals surface area contributed by atoms with E-state index >= 15 is 0 Å². The molecule has 1 heterocycles. The van der Waals surface area contributed by atoms with Crippen molar-refractivity contribution in [3.05, 3.63) is 38.4 Å². The highest BCUT2D eigenvalue weighted by molar-refractivity contribution is 9.10. The molecule has 4 aliphatic carbocycles. The van der Waals surface area contributed by atoms with Crippen molar-refractivity contribution in [1.29, 1.82) is 0 Å². The molecule has 2 aromatic rings. The molecular formula is C24H29BrN2OS. The molecule has 4 saturated carbocycles. The Labute approximate surface area is 185 Å². The number of hydrogen-bond donors (Lipinski definition) is 0. The van der Waals surface area contributed by atoms with E-state index in [0.29, 0.717) is 0 Å². The number of halogens is 1. The van der Waals surface area contributed by atoms with Gasteiger partial charge in [0.25, 0.3) is 5.91 Å². The zero-order chi connectivity index (χ0) is 20.2. The third-order valence-corrected chi connectivity index (χ3v) is 9.17. The predicted octanol–water partition coefficient (Wildman–Crippen LogP) is 6.21. The lowest BCUT2D eigenvalue weighted by Gasteiger charge is -2.55. The van der Waals surface area contributed by atoms with Gasteiger partial charge in [0.05, 0.1) is 11.1 Å². The van der Waals surface area contributed by atoms with Gasteiger partial charge in [-0.3, -0.25) is 4.79 Å². The Kier molecular flexibility index (Phi) is 5.10. The first kappa shape index (κ1) is 19.7. The van der Waals surface area contributed by atoms with Gasteiger partial charge in [0.2, 0.25) is 0 Å². The molecule has 29 heavy (non-hydrogen) atoms. The van der Waals surface area contributed by atoms with Gasteiger partial charge < -0.3 is 4.57 Å². The Morgan fingerprint density at radius 1 is 1.10 bits per heavy atom. The van der Waals surface area contributed by atoms with Gasteiger partial charge in [0.15, 0.2) is 4.80 Å². The summed E-state index contributed by atoms with van der Waals surface area (Å²) in [7, 11) is 0. The van der Waals surface area contributed by atoms with Crippen molar-refractivity contribution in [2.45, 2.75) is 65.3 Å². The van der Waals surface area contributed by atoms with Crippen molar-refractivity contribution in [3.8, 4) is 11.3 Å². The molecule has 3 nitrogen and oxygen atoms in total. The molecule has 0 saturated heterocycles. The highest BCUT2D eigenvalue weighted by Crippen LogP contribution is 2.60. The minimum atomic E-state index is -0.158. The molecule has 0 unspecified atom stereocenters. The van der Waals surface area contributed by atoms with Crippen LogP contribution in [0.2, 0.25) is 0 Å². The number of benzene rings is 1. The third kappa shape index (κ3) is 3.38. The first-order chi connectivity index (χ1) is 14.0. The number of aromatic nitrogens is 1. The van der Waals surface area contributed by atoms with Crippen LogP contribution in [0.3, 0.4) is 0 Å². The van der Waals surface area contributed by atoms with Crippen LogP contribution < -0.4 is 4.80 Å². The fourth-order valence-corrected chi connectivity index (χ4v) is 7.99. The maximum atomic E-state index is 13.5. The Hall–Kier alpha value is -1.20. The number of hydrogen-bond acceptors (Lipinski definition) is 2. The summed E-state index contributed by atoms with van der Waals surface area (Å²) in [5.41, 5.74) is 2.27. The van der Waals surface area contributed by atoms with E-state index in [2.05, 4.69) is 58.6 Å². The van der Waals surface area contributed by atoms with E-state index in [1.54, 1.807) is 11.3 Å². The van der Waals surface area contributed by atoms with Crippen LogP contribution in [0, 0.1) is 23.2 Å². The average molecular weight is 473 g/mol. The molecule has 0 aliphatic heterocycles. The van der Waals surface area contributed by atoms with E-state index in [1.165, 1.54) is 35.4 Å². The summed E-state index contributed by atoms with van der Waals surface area (Å²) < 4.78 is 3.34. The first-order valence-electron chi connectivity index (χ1n) is 11.1. The van der Waals surface area contributed by atoms with E-state index in [1.807, 2.05) is 0 Å². The molecule has 1 aromatic heterocycles. The fourth-order valence-electron chi connectivity index (χ4n) is 6.58. The van der Waals surface area contributed by atoms with Crippen LogP contribution in [0.5, 0.6) is 0 Å². The van der Waals surface area contributed by atoms with Gasteiger partial charge in [-0.05, 0) is 87.3 Å². The Balaban J connectivity index is 1.56. The second kappa shape index (κ2) is 7.49. The van der Waals surface area contributed by atoms with Gasteiger partial charge in [0, 0.05) is 15.9 Å². The monoisotopic (exact) mass is 472 g/mol. The van der Waals surface area contributed by atoms with Gasteiger partial charge in [-0.15, -0.1) is 11.3 Å². The number of thiazole rings is 1. The summed E-state index contributed by atoms with van der Waals surface area (Å²) in [5.74, 6) is 2.48. The normalized spacial score (nSPS) is 30.9. The third-order valence-electron chi connectivity index (χ3n) is 7.42. The van der Waals surface area contributed by atoms with Crippen LogP contribution >= 0.6 is 27.3 Å². The zero-order valence-electron chi connectivity index (χ0n) is 17.3. The number of carbonyl (C=O) groups is 1. The molecule has 4 bridgehead atoms. The molecule has 1 amide bonds. The SMILES string of the molecule is CCc1sc(=NC(=O)C23CC4CC(CC(C4)C2)C3)n(CC)c1-c1ccc(Br)cc1. The molecule has 0 N–H and O–H groups in total. The second-order valence-electron chi connectivity index (χ2n) is 9.38. The molecule has 4 aliphatic rings. The van der Waals surface area contributed by atoms with Crippen LogP contribution in [-0.4, -0.2) is 10.5 Å². The number of rotatable bonds is 4. The molecule has 1 aromatic carbocycles. The van der Waals surface area contributed by atoms with Crippen molar-refractivity contribution in [3.63, 3.8) is 0 Å². The van der Waals surface area contributed by atoms with Crippen molar-refractivity contribution < 1.29 is 4.79 Å². The molecule has 0 radical (unpaired) electrons. The zero-order valence-corrected chi connectivity index (χ0v) is 19.7. The summed E-state index contributed by atoms with van der Waals surface area (Å²) in [6.07, 6.45) is 8.27. The summed E-state index contributed by atoms with van der Waals surface area (Å²) in [6, 6.07) is 8.48. The molecular weight excluding hydrogens is 444 g/mol. The Morgan fingerprint density at radius 2 is 1.69 bits per heavy atom. The molecule has 154 valence electrons. The van der Waals surface area contributed by atoms with E-state index in [0.717, 1.165) is 59.3 Å². The topological polar surface area (TPSA) is 34.4 Å².